The molecule has 0 radical (unpaired) electrons. The number of benzene rings is 2. The molecule has 0 aromatic heterocycles. The predicted octanol–water partition coefficient (Wildman–Crippen LogP) is 3.54. The maximum atomic E-state index is 13.1. The number of hydroxylamine groups is 1. The van der Waals surface area contributed by atoms with Crippen molar-refractivity contribution in [3.8, 4) is 5.75 Å². The molecule has 0 unspecified atom stereocenters. The van der Waals surface area contributed by atoms with Crippen LogP contribution in [0.15, 0.2) is 47.5 Å². The first-order valence-electron chi connectivity index (χ1n) is 5.72. The summed E-state index contributed by atoms with van der Waals surface area (Å²) < 4.78 is 18.1. The molecule has 0 aliphatic carbocycles. The van der Waals surface area contributed by atoms with Gasteiger partial charge in [0.1, 0.15) is 11.6 Å². The van der Waals surface area contributed by atoms with Crippen LogP contribution in [0.2, 0.25) is 5.02 Å². The first-order valence-corrected chi connectivity index (χ1v) is 6.10. The highest BCUT2D eigenvalue weighted by Gasteiger charge is 2.05. The number of halogens is 2. The van der Waals surface area contributed by atoms with Gasteiger partial charge in [-0.3, -0.25) is 10.7 Å². The van der Waals surface area contributed by atoms with Crippen molar-refractivity contribution < 1.29 is 14.3 Å². The molecule has 2 N–H and O–H groups in total. The molecule has 0 bridgehead atoms. The van der Waals surface area contributed by atoms with E-state index in [0.717, 1.165) is 0 Å². The summed E-state index contributed by atoms with van der Waals surface area (Å²) >= 11 is 5.68. The van der Waals surface area contributed by atoms with Gasteiger partial charge in [0, 0.05) is 5.56 Å². The molecular formula is C14H12ClFN2O2. The first kappa shape index (κ1) is 14.3. The SMILES string of the molecule is COc1ccc(C(=Nc2ccc(F)c(Cl)c2)NO)cc1. The lowest BCUT2D eigenvalue weighted by Crippen LogP contribution is -2.19. The minimum Gasteiger partial charge on any atom is -0.497 e. The van der Waals surface area contributed by atoms with E-state index in [-0.39, 0.29) is 10.9 Å². The molecular weight excluding hydrogens is 283 g/mol. The van der Waals surface area contributed by atoms with Gasteiger partial charge in [-0.15, -0.1) is 0 Å². The summed E-state index contributed by atoms with van der Waals surface area (Å²) in [7, 11) is 1.56. The summed E-state index contributed by atoms with van der Waals surface area (Å²) in [6.07, 6.45) is 0. The largest absolute Gasteiger partial charge is 0.497 e. The van der Waals surface area contributed by atoms with E-state index in [2.05, 4.69) is 4.99 Å². The average molecular weight is 295 g/mol. The molecule has 0 amide bonds. The zero-order valence-electron chi connectivity index (χ0n) is 10.6. The van der Waals surface area contributed by atoms with E-state index in [4.69, 9.17) is 16.3 Å². The summed E-state index contributed by atoms with van der Waals surface area (Å²) in [4.78, 5) is 4.17. The monoisotopic (exact) mass is 294 g/mol. The molecule has 2 aromatic carbocycles. The van der Waals surface area contributed by atoms with Gasteiger partial charge in [-0.1, -0.05) is 11.6 Å². The fourth-order valence-corrected chi connectivity index (χ4v) is 1.76. The van der Waals surface area contributed by atoms with E-state index in [1.54, 1.807) is 31.4 Å². The number of aliphatic imine (C=N–C) groups is 1. The van der Waals surface area contributed by atoms with Crippen LogP contribution in [0.4, 0.5) is 10.1 Å². The van der Waals surface area contributed by atoms with Crippen LogP contribution in [0.5, 0.6) is 5.75 Å². The molecule has 4 nitrogen and oxygen atoms in total. The first-order chi connectivity index (χ1) is 9.63. The van der Waals surface area contributed by atoms with Gasteiger partial charge in [0.2, 0.25) is 0 Å². The van der Waals surface area contributed by atoms with E-state index in [1.165, 1.54) is 18.2 Å². The van der Waals surface area contributed by atoms with Crippen LogP contribution in [-0.4, -0.2) is 18.2 Å². The number of rotatable bonds is 3. The molecule has 0 fully saturated rings. The Bertz CT molecular complexity index is 630. The molecule has 0 atom stereocenters. The lowest BCUT2D eigenvalue weighted by atomic mass is 10.2. The Hall–Kier alpha value is -2.11. The van der Waals surface area contributed by atoms with Crippen molar-refractivity contribution in [2.75, 3.05) is 7.11 Å². The number of ether oxygens (including phenoxy) is 1. The molecule has 0 saturated heterocycles. The highest BCUT2D eigenvalue weighted by atomic mass is 35.5. The normalized spacial score (nSPS) is 11.3. The number of amidine groups is 1. The highest BCUT2D eigenvalue weighted by molar-refractivity contribution is 6.31. The average Bonchev–Trinajstić information content (AvgIpc) is 2.48. The topological polar surface area (TPSA) is 53.8 Å². The van der Waals surface area contributed by atoms with E-state index in [1.807, 2.05) is 5.48 Å². The molecule has 0 saturated carbocycles. The minimum absolute atomic E-state index is 0.0294. The predicted molar refractivity (Wildman–Crippen MR) is 75.5 cm³/mol. The second-order valence-electron chi connectivity index (χ2n) is 3.90. The Morgan fingerprint density at radius 3 is 2.50 bits per heavy atom. The van der Waals surface area contributed by atoms with E-state index in [0.29, 0.717) is 17.0 Å². The van der Waals surface area contributed by atoms with Crippen molar-refractivity contribution in [2.24, 2.45) is 4.99 Å². The van der Waals surface area contributed by atoms with Crippen LogP contribution in [0.1, 0.15) is 5.56 Å². The zero-order chi connectivity index (χ0) is 14.5. The van der Waals surface area contributed by atoms with Crippen molar-refractivity contribution in [1.82, 2.24) is 5.48 Å². The third-order valence-electron chi connectivity index (χ3n) is 2.61. The summed E-state index contributed by atoms with van der Waals surface area (Å²) in [5.41, 5.74) is 3.08. The van der Waals surface area contributed by atoms with Gasteiger partial charge in [-0.2, -0.15) is 0 Å². The second kappa shape index (κ2) is 6.36. The van der Waals surface area contributed by atoms with Crippen LogP contribution in [0.3, 0.4) is 0 Å². The Balaban J connectivity index is 2.34. The van der Waals surface area contributed by atoms with Gasteiger partial charge in [-0.25, -0.2) is 9.38 Å². The Labute approximate surface area is 120 Å². The molecule has 2 aromatic rings. The van der Waals surface area contributed by atoms with Crippen molar-refractivity contribution in [3.05, 3.63) is 58.9 Å². The van der Waals surface area contributed by atoms with Gasteiger partial charge in [-0.05, 0) is 42.5 Å². The molecule has 6 heteroatoms. The molecule has 20 heavy (non-hydrogen) atoms. The maximum absolute atomic E-state index is 13.1. The smallest absolute Gasteiger partial charge is 0.157 e. The third-order valence-corrected chi connectivity index (χ3v) is 2.90. The van der Waals surface area contributed by atoms with Gasteiger partial charge in [0.15, 0.2) is 5.84 Å². The summed E-state index contributed by atoms with van der Waals surface area (Å²) in [6.45, 7) is 0. The van der Waals surface area contributed by atoms with E-state index >= 15 is 0 Å². The fourth-order valence-electron chi connectivity index (χ4n) is 1.59. The summed E-state index contributed by atoms with van der Waals surface area (Å²) in [6, 6.07) is 11.0. The van der Waals surface area contributed by atoms with E-state index in [9.17, 15) is 9.60 Å². The molecule has 2 rings (SSSR count). The number of hydrogen-bond acceptors (Lipinski definition) is 3. The van der Waals surface area contributed by atoms with E-state index < -0.39 is 5.82 Å². The standard InChI is InChI=1S/C14H12ClFN2O2/c1-20-11-5-2-9(3-6-11)14(18-19)17-10-4-7-13(16)12(15)8-10/h2-8,19H,1H3,(H,17,18). The van der Waals surface area contributed by atoms with Crippen LogP contribution < -0.4 is 10.2 Å². The number of nitrogens with zero attached hydrogens (tertiary/aromatic N) is 1. The maximum Gasteiger partial charge on any atom is 0.157 e. The second-order valence-corrected chi connectivity index (χ2v) is 4.31. The van der Waals surface area contributed by atoms with Gasteiger partial charge in [0.25, 0.3) is 0 Å². The lowest BCUT2D eigenvalue weighted by molar-refractivity contribution is 0.235. The zero-order valence-corrected chi connectivity index (χ0v) is 11.4. The van der Waals surface area contributed by atoms with Crippen LogP contribution in [-0.2, 0) is 0 Å². The van der Waals surface area contributed by atoms with Crippen LogP contribution in [0.25, 0.3) is 0 Å². The number of hydrogen-bond donors (Lipinski definition) is 2. The lowest BCUT2D eigenvalue weighted by Gasteiger charge is -2.06. The van der Waals surface area contributed by atoms with Crippen molar-refractivity contribution in [2.45, 2.75) is 0 Å². The van der Waals surface area contributed by atoms with Crippen molar-refractivity contribution >= 4 is 23.1 Å². The van der Waals surface area contributed by atoms with Crippen molar-refractivity contribution in [3.63, 3.8) is 0 Å². The van der Waals surface area contributed by atoms with Crippen LogP contribution in [0, 0.1) is 5.82 Å². The number of nitrogens with one attached hydrogen (secondary N) is 1. The van der Waals surface area contributed by atoms with Gasteiger partial charge in [0.05, 0.1) is 17.8 Å². The fraction of sp³-hybridized carbons (Fsp3) is 0.0714. The molecule has 104 valence electrons. The van der Waals surface area contributed by atoms with Crippen LogP contribution >= 0.6 is 11.6 Å². The Kier molecular flexibility index (Phi) is 4.55. The number of methoxy groups -OCH3 is 1. The molecule has 0 aliphatic heterocycles. The minimum atomic E-state index is -0.520. The summed E-state index contributed by atoms with van der Waals surface area (Å²) in [5.74, 6) is 0.389. The Morgan fingerprint density at radius 2 is 1.95 bits per heavy atom. The molecule has 0 aliphatic rings. The Morgan fingerprint density at radius 1 is 1.25 bits per heavy atom. The third kappa shape index (κ3) is 3.26. The quantitative estimate of drug-likeness (QED) is 0.517. The molecule has 0 spiro atoms. The highest BCUT2D eigenvalue weighted by Crippen LogP contribution is 2.22. The molecule has 0 heterocycles. The van der Waals surface area contributed by atoms with Gasteiger partial charge >= 0.3 is 0 Å². The van der Waals surface area contributed by atoms with Gasteiger partial charge < -0.3 is 4.74 Å². The summed E-state index contributed by atoms with van der Waals surface area (Å²) in [5, 5.41) is 9.14. The van der Waals surface area contributed by atoms with Crippen molar-refractivity contribution in [1.29, 1.82) is 0 Å².